The van der Waals surface area contributed by atoms with Crippen molar-refractivity contribution in [3.05, 3.63) is 5.82 Å². The van der Waals surface area contributed by atoms with Crippen LogP contribution in [0.4, 0.5) is 5.95 Å². The zero-order valence-electron chi connectivity index (χ0n) is 10.4. The summed E-state index contributed by atoms with van der Waals surface area (Å²) in [4.78, 5) is 28.7. The maximum atomic E-state index is 12.3. The molecule has 0 saturated carbocycles. The molecule has 4 N–H and O–H groups in total. The molecule has 2 rings (SSSR count). The smallest absolute Gasteiger partial charge is 0.327 e. The number of hydrogen-bond donors (Lipinski definition) is 3. The van der Waals surface area contributed by atoms with Crippen molar-refractivity contribution in [2.24, 2.45) is 0 Å². The number of H-pyrrole nitrogens is 1. The minimum atomic E-state index is -1.01. The van der Waals surface area contributed by atoms with E-state index in [2.05, 4.69) is 15.2 Å². The minimum absolute atomic E-state index is 0.0210. The fraction of sp³-hybridized carbons (Fsp3) is 0.600. The van der Waals surface area contributed by atoms with E-state index >= 15 is 0 Å². The predicted octanol–water partition coefficient (Wildman–Crippen LogP) is 0.155. The summed E-state index contributed by atoms with van der Waals surface area (Å²) >= 11 is 1.47. The van der Waals surface area contributed by atoms with E-state index in [1.165, 1.54) is 16.7 Å². The third-order valence-electron chi connectivity index (χ3n) is 2.85. The van der Waals surface area contributed by atoms with Crippen LogP contribution in [0.2, 0.25) is 0 Å². The lowest BCUT2D eigenvalue weighted by Gasteiger charge is -2.26. The summed E-state index contributed by atoms with van der Waals surface area (Å²) in [6.07, 6.45) is 1.61. The Morgan fingerprint density at radius 2 is 2.37 bits per heavy atom. The second-order valence-corrected chi connectivity index (χ2v) is 5.40. The number of carboxylic acids is 1. The van der Waals surface area contributed by atoms with Gasteiger partial charge in [-0.1, -0.05) is 13.3 Å². The summed E-state index contributed by atoms with van der Waals surface area (Å²) in [6.45, 7) is 1.99. The Labute approximate surface area is 113 Å². The number of thioether (sulfide) groups is 1. The molecule has 2 atom stereocenters. The largest absolute Gasteiger partial charge is 0.480 e. The first kappa shape index (κ1) is 13.7. The van der Waals surface area contributed by atoms with Crippen LogP contribution in [-0.4, -0.2) is 54.2 Å². The number of nitrogens with two attached hydrogens (primary N) is 1. The molecule has 0 aromatic carbocycles. The van der Waals surface area contributed by atoms with E-state index in [1.807, 2.05) is 6.92 Å². The van der Waals surface area contributed by atoms with E-state index in [4.69, 9.17) is 5.73 Å². The van der Waals surface area contributed by atoms with Crippen LogP contribution in [0.25, 0.3) is 0 Å². The van der Waals surface area contributed by atoms with Crippen molar-refractivity contribution in [1.82, 2.24) is 20.1 Å². The number of aromatic nitrogens is 3. The van der Waals surface area contributed by atoms with Gasteiger partial charge in [0, 0.05) is 5.75 Å². The van der Waals surface area contributed by atoms with Crippen molar-refractivity contribution in [2.75, 3.05) is 11.5 Å². The molecule has 0 aliphatic carbocycles. The number of amides is 1. The second-order valence-electron chi connectivity index (χ2n) is 4.19. The van der Waals surface area contributed by atoms with Crippen molar-refractivity contribution in [3.63, 3.8) is 0 Å². The minimum Gasteiger partial charge on any atom is -0.480 e. The fourth-order valence-electron chi connectivity index (χ4n) is 1.99. The molecule has 0 radical (unpaired) electrons. The Bertz CT molecular complexity index is 491. The van der Waals surface area contributed by atoms with E-state index in [0.717, 1.165) is 12.8 Å². The van der Waals surface area contributed by atoms with Gasteiger partial charge in [-0.2, -0.15) is 4.98 Å². The monoisotopic (exact) mass is 285 g/mol. The number of carbonyl (C=O) groups is 2. The normalized spacial score (nSPS) is 22.7. The number of hydrogen-bond acceptors (Lipinski definition) is 6. The lowest BCUT2D eigenvalue weighted by molar-refractivity contribution is -0.141. The van der Waals surface area contributed by atoms with Crippen molar-refractivity contribution < 1.29 is 14.7 Å². The first-order valence-corrected chi connectivity index (χ1v) is 6.94. The van der Waals surface area contributed by atoms with Crippen LogP contribution in [0.3, 0.4) is 0 Å². The number of carbonyl (C=O) groups excluding carboxylic acids is 1. The van der Waals surface area contributed by atoms with Gasteiger partial charge in [-0.3, -0.25) is 9.89 Å². The number of nitrogens with one attached hydrogen (secondary N) is 1. The van der Waals surface area contributed by atoms with Gasteiger partial charge in [0.15, 0.2) is 0 Å². The number of aliphatic carboxylic acids is 1. The maximum absolute atomic E-state index is 12.3. The van der Waals surface area contributed by atoms with Crippen molar-refractivity contribution in [1.29, 1.82) is 0 Å². The SMILES string of the molecule is CCCC1SCC(C(=O)O)N1C(=O)c1nc(N)n[nH]1. The maximum Gasteiger partial charge on any atom is 0.327 e. The Morgan fingerprint density at radius 1 is 1.63 bits per heavy atom. The van der Waals surface area contributed by atoms with Crippen molar-refractivity contribution >= 4 is 29.6 Å². The molecule has 104 valence electrons. The highest BCUT2D eigenvalue weighted by Gasteiger charge is 2.42. The summed E-state index contributed by atoms with van der Waals surface area (Å²) in [5.41, 5.74) is 5.36. The topological polar surface area (TPSA) is 125 Å². The summed E-state index contributed by atoms with van der Waals surface area (Å²) in [7, 11) is 0. The van der Waals surface area contributed by atoms with Gasteiger partial charge in [0.1, 0.15) is 6.04 Å². The van der Waals surface area contributed by atoms with E-state index in [9.17, 15) is 14.7 Å². The summed E-state index contributed by atoms with van der Waals surface area (Å²) in [6, 6.07) is -0.833. The Hall–Kier alpha value is -1.77. The van der Waals surface area contributed by atoms with Crippen LogP contribution < -0.4 is 5.73 Å². The molecule has 1 aliphatic rings. The summed E-state index contributed by atoms with van der Waals surface area (Å²) in [5, 5.41) is 15.1. The zero-order chi connectivity index (χ0) is 14.0. The molecular weight excluding hydrogens is 270 g/mol. The Morgan fingerprint density at radius 3 is 2.89 bits per heavy atom. The quantitative estimate of drug-likeness (QED) is 0.719. The third kappa shape index (κ3) is 2.65. The molecule has 1 aliphatic heterocycles. The van der Waals surface area contributed by atoms with E-state index in [0.29, 0.717) is 5.75 Å². The predicted molar refractivity (Wildman–Crippen MR) is 69.5 cm³/mol. The molecule has 8 nitrogen and oxygen atoms in total. The number of nitrogens with zero attached hydrogens (tertiary/aromatic N) is 3. The van der Waals surface area contributed by atoms with Crippen LogP contribution in [0.5, 0.6) is 0 Å². The number of aromatic amines is 1. The van der Waals surface area contributed by atoms with Gasteiger partial charge in [-0.05, 0) is 6.42 Å². The van der Waals surface area contributed by atoms with Crippen molar-refractivity contribution in [3.8, 4) is 0 Å². The van der Waals surface area contributed by atoms with Crippen LogP contribution in [0.15, 0.2) is 0 Å². The van der Waals surface area contributed by atoms with Gasteiger partial charge in [0.25, 0.3) is 5.91 Å². The van der Waals surface area contributed by atoms with Gasteiger partial charge in [0.2, 0.25) is 11.8 Å². The Kier molecular flexibility index (Phi) is 3.93. The second kappa shape index (κ2) is 5.47. The van der Waals surface area contributed by atoms with Gasteiger partial charge >= 0.3 is 5.97 Å². The van der Waals surface area contributed by atoms with Gasteiger partial charge in [-0.25, -0.2) is 4.79 Å². The Balaban J connectivity index is 2.25. The zero-order valence-corrected chi connectivity index (χ0v) is 11.2. The molecule has 2 unspecified atom stereocenters. The van der Waals surface area contributed by atoms with E-state index < -0.39 is 17.9 Å². The van der Waals surface area contributed by atoms with E-state index in [1.54, 1.807) is 0 Å². The first-order valence-electron chi connectivity index (χ1n) is 5.89. The highest BCUT2D eigenvalue weighted by Crippen LogP contribution is 2.33. The molecule has 1 fully saturated rings. The lowest BCUT2D eigenvalue weighted by atomic mass is 10.2. The molecule has 1 aromatic rings. The summed E-state index contributed by atoms with van der Waals surface area (Å²) in [5.74, 6) is -1.15. The fourth-order valence-corrected chi connectivity index (χ4v) is 3.50. The van der Waals surface area contributed by atoms with Crippen LogP contribution >= 0.6 is 11.8 Å². The molecule has 2 heterocycles. The van der Waals surface area contributed by atoms with Crippen molar-refractivity contribution in [2.45, 2.75) is 31.2 Å². The molecule has 9 heteroatoms. The molecule has 1 saturated heterocycles. The molecule has 19 heavy (non-hydrogen) atoms. The van der Waals surface area contributed by atoms with Crippen LogP contribution in [0.1, 0.15) is 30.4 Å². The average molecular weight is 285 g/mol. The van der Waals surface area contributed by atoms with Crippen LogP contribution in [-0.2, 0) is 4.79 Å². The highest BCUT2D eigenvalue weighted by molar-refractivity contribution is 8.00. The number of rotatable bonds is 4. The highest BCUT2D eigenvalue weighted by atomic mass is 32.2. The number of anilines is 1. The molecular formula is C10H15N5O3S. The summed E-state index contributed by atoms with van der Waals surface area (Å²) < 4.78 is 0. The van der Waals surface area contributed by atoms with Crippen LogP contribution in [0, 0.1) is 0 Å². The van der Waals surface area contributed by atoms with Gasteiger partial charge in [0.05, 0.1) is 5.37 Å². The number of carboxylic acid groups (broad SMARTS) is 1. The average Bonchev–Trinajstić information content (AvgIpc) is 2.95. The first-order chi connectivity index (χ1) is 9.04. The van der Waals surface area contributed by atoms with E-state index in [-0.39, 0.29) is 17.1 Å². The lowest BCUT2D eigenvalue weighted by Crippen LogP contribution is -2.46. The third-order valence-corrected chi connectivity index (χ3v) is 4.21. The number of nitrogen functional groups attached to an aromatic ring is 1. The molecule has 0 spiro atoms. The van der Waals surface area contributed by atoms with Gasteiger partial charge < -0.3 is 15.7 Å². The standard InChI is InChI=1S/C10H15N5O3S/c1-2-3-6-15(5(4-19-6)9(17)18)8(16)7-12-10(11)14-13-7/h5-6H,2-4H2,1H3,(H,17,18)(H3,11,12,13,14). The molecule has 1 aromatic heterocycles. The van der Waals surface area contributed by atoms with Gasteiger partial charge in [-0.15, -0.1) is 16.9 Å². The molecule has 1 amide bonds. The molecule has 0 bridgehead atoms.